The fourth-order valence-electron chi connectivity index (χ4n) is 1.79. The van der Waals surface area contributed by atoms with E-state index in [9.17, 15) is 0 Å². The Kier molecular flexibility index (Phi) is 4.47. The molecule has 0 radical (unpaired) electrons. The number of benzene rings is 1. The molecule has 0 amide bonds. The van der Waals surface area contributed by atoms with E-state index in [2.05, 4.69) is 28.4 Å². The van der Waals surface area contributed by atoms with Crippen LogP contribution in [0.25, 0.3) is 0 Å². The molecule has 1 heterocycles. The molecule has 102 valence electrons. The normalized spacial score (nSPS) is 9.85. The smallest absolute Gasteiger partial charge is 0.227 e. The van der Waals surface area contributed by atoms with E-state index >= 15 is 0 Å². The first kappa shape index (κ1) is 13.8. The molecule has 0 aliphatic rings. The van der Waals surface area contributed by atoms with Crippen molar-refractivity contribution in [1.29, 1.82) is 5.26 Å². The number of aromatic nitrogens is 2. The van der Waals surface area contributed by atoms with Crippen LogP contribution in [0.4, 0.5) is 5.82 Å². The highest BCUT2D eigenvalue weighted by molar-refractivity contribution is 5.49. The van der Waals surface area contributed by atoms with Gasteiger partial charge in [-0.25, -0.2) is 15.8 Å². The Bertz CT molecular complexity index is 618. The van der Waals surface area contributed by atoms with Gasteiger partial charge in [0.25, 0.3) is 0 Å². The predicted molar refractivity (Wildman–Crippen MR) is 75.1 cm³/mol. The summed E-state index contributed by atoms with van der Waals surface area (Å²) in [4.78, 5) is 8.23. The van der Waals surface area contributed by atoms with Crippen molar-refractivity contribution in [1.82, 2.24) is 9.97 Å². The molecule has 0 aliphatic heterocycles. The standard InChI is InChI=1S/C14H15N5O/c1-2-3-12-13(19-16)17-9-18-14(12)20-11-6-4-10(8-15)5-7-11/h4-7,9H,2-3,16H2,1H3,(H,17,18,19). The molecule has 6 nitrogen and oxygen atoms in total. The number of ether oxygens (including phenoxy) is 1. The number of hydrazine groups is 1. The molecule has 1 aromatic carbocycles. The lowest BCUT2D eigenvalue weighted by Crippen LogP contribution is -2.12. The average Bonchev–Trinajstić information content (AvgIpc) is 2.50. The van der Waals surface area contributed by atoms with E-state index in [1.807, 2.05) is 0 Å². The van der Waals surface area contributed by atoms with Crippen LogP contribution < -0.4 is 16.0 Å². The summed E-state index contributed by atoms with van der Waals surface area (Å²) in [6.07, 6.45) is 3.07. The maximum Gasteiger partial charge on any atom is 0.227 e. The minimum absolute atomic E-state index is 0.472. The van der Waals surface area contributed by atoms with E-state index in [0.717, 1.165) is 18.4 Å². The van der Waals surface area contributed by atoms with Crippen LogP contribution in [-0.2, 0) is 6.42 Å². The molecule has 0 bridgehead atoms. The van der Waals surface area contributed by atoms with Crippen molar-refractivity contribution in [3.8, 4) is 17.7 Å². The summed E-state index contributed by atoms with van der Waals surface area (Å²) in [5.74, 6) is 7.10. The van der Waals surface area contributed by atoms with E-state index in [1.165, 1.54) is 6.33 Å². The van der Waals surface area contributed by atoms with Crippen molar-refractivity contribution in [2.45, 2.75) is 19.8 Å². The second-order valence-corrected chi connectivity index (χ2v) is 4.14. The SMILES string of the molecule is CCCc1c(NN)ncnc1Oc1ccc(C#N)cc1. The number of nitriles is 1. The number of nitrogens with one attached hydrogen (secondary N) is 1. The number of nitrogens with two attached hydrogens (primary N) is 1. The molecular weight excluding hydrogens is 254 g/mol. The molecule has 2 aromatic rings. The van der Waals surface area contributed by atoms with Gasteiger partial charge in [0.05, 0.1) is 17.2 Å². The van der Waals surface area contributed by atoms with Gasteiger partial charge in [0.2, 0.25) is 5.88 Å². The number of anilines is 1. The van der Waals surface area contributed by atoms with Crippen LogP contribution >= 0.6 is 0 Å². The van der Waals surface area contributed by atoms with Gasteiger partial charge in [-0.15, -0.1) is 0 Å². The van der Waals surface area contributed by atoms with Crippen LogP contribution in [0.1, 0.15) is 24.5 Å². The lowest BCUT2D eigenvalue weighted by molar-refractivity contribution is 0.454. The summed E-state index contributed by atoms with van der Waals surface area (Å²) in [5, 5.41) is 8.77. The summed E-state index contributed by atoms with van der Waals surface area (Å²) in [7, 11) is 0. The number of nitrogens with zero attached hydrogens (tertiary/aromatic N) is 3. The molecule has 0 atom stereocenters. The first-order chi connectivity index (χ1) is 9.78. The zero-order valence-electron chi connectivity index (χ0n) is 11.1. The Morgan fingerprint density at radius 3 is 2.65 bits per heavy atom. The van der Waals surface area contributed by atoms with Crippen molar-refractivity contribution in [3.05, 3.63) is 41.7 Å². The average molecular weight is 269 g/mol. The lowest BCUT2D eigenvalue weighted by atomic mass is 10.2. The van der Waals surface area contributed by atoms with Gasteiger partial charge in [0.15, 0.2) is 0 Å². The Labute approximate surface area is 117 Å². The molecule has 0 saturated carbocycles. The van der Waals surface area contributed by atoms with Crippen molar-refractivity contribution in [2.75, 3.05) is 5.43 Å². The third kappa shape index (κ3) is 3.02. The zero-order chi connectivity index (χ0) is 14.4. The highest BCUT2D eigenvalue weighted by Crippen LogP contribution is 2.27. The van der Waals surface area contributed by atoms with Crippen LogP contribution in [0.15, 0.2) is 30.6 Å². The van der Waals surface area contributed by atoms with Crippen molar-refractivity contribution in [2.24, 2.45) is 5.84 Å². The third-order valence-electron chi connectivity index (χ3n) is 2.74. The van der Waals surface area contributed by atoms with Crippen LogP contribution in [0.3, 0.4) is 0 Å². The van der Waals surface area contributed by atoms with Crippen LogP contribution in [0, 0.1) is 11.3 Å². The predicted octanol–water partition coefficient (Wildman–Crippen LogP) is 2.38. The molecule has 3 N–H and O–H groups in total. The van der Waals surface area contributed by atoms with Crippen LogP contribution in [0.5, 0.6) is 11.6 Å². The van der Waals surface area contributed by atoms with Gasteiger partial charge in [-0.05, 0) is 30.7 Å². The number of hydrogen-bond donors (Lipinski definition) is 2. The van der Waals surface area contributed by atoms with Gasteiger partial charge >= 0.3 is 0 Å². The van der Waals surface area contributed by atoms with Crippen molar-refractivity contribution < 1.29 is 4.74 Å². The highest BCUT2D eigenvalue weighted by Gasteiger charge is 2.12. The molecule has 6 heteroatoms. The number of rotatable bonds is 5. The Morgan fingerprint density at radius 1 is 1.30 bits per heavy atom. The summed E-state index contributed by atoms with van der Waals surface area (Å²) in [6, 6.07) is 8.90. The number of hydrogen-bond acceptors (Lipinski definition) is 6. The van der Waals surface area contributed by atoms with Gasteiger partial charge in [-0.3, -0.25) is 0 Å². The highest BCUT2D eigenvalue weighted by atomic mass is 16.5. The molecule has 2 rings (SSSR count). The molecule has 0 spiro atoms. The summed E-state index contributed by atoms with van der Waals surface area (Å²) in [5.41, 5.74) is 3.97. The maximum absolute atomic E-state index is 8.77. The summed E-state index contributed by atoms with van der Waals surface area (Å²) >= 11 is 0. The maximum atomic E-state index is 8.77. The quantitative estimate of drug-likeness (QED) is 0.639. The van der Waals surface area contributed by atoms with Crippen LogP contribution in [-0.4, -0.2) is 9.97 Å². The summed E-state index contributed by atoms with van der Waals surface area (Å²) < 4.78 is 5.75. The van der Waals surface area contributed by atoms with Crippen molar-refractivity contribution in [3.63, 3.8) is 0 Å². The molecule has 20 heavy (non-hydrogen) atoms. The minimum atomic E-state index is 0.472. The Balaban J connectivity index is 2.30. The van der Waals surface area contributed by atoms with E-state index in [4.69, 9.17) is 15.8 Å². The third-order valence-corrected chi connectivity index (χ3v) is 2.74. The van der Waals surface area contributed by atoms with E-state index < -0.39 is 0 Å². The molecule has 0 aliphatic carbocycles. The van der Waals surface area contributed by atoms with E-state index in [0.29, 0.717) is 23.0 Å². The molecule has 0 saturated heterocycles. The zero-order valence-corrected chi connectivity index (χ0v) is 11.1. The second kappa shape index (κ2) is 6.50. The first-order valence-electron chi connectivity index (χ1n) is 6.27. The largest absolute Gasteiger partial charge is 0.439 e. The summed E-state index contributed by atoms with van der Waals surface area (Å²) in [6.45, 7) is 2.05. The fraction of sp³-hybridized carbons (Fsp3) is 0.214. The second-order valence-electron chi connectivity index (χ2n) is 4.14. The Morgan fingerprint density at radius 2 is 2.05 bits per heavy atom. The van der Waals surface area contributed by atoms with Crippen LogP contribution in [0.2, 0.25) is 0 Å². The molecule has 0 unspecified atom stereocenters. The number of nitrogen functional groups attached to an aromatic ring is 1. The fourth-order valence-corrected chi connectivity index (χ4v) is 1.79. The van der Waals surface area contributed by atoms with Gasteiger partial charge in [0, 0.05) is 0 Å². The minimum Gasteiger partial charge on any atom is -0.439 e. The Hall–Kier alpha value is -2.65. The lowest BCUT2D eigenvalue weighted by Gasteiger charge is -2.12. The van der Waals surface area contributed by atoms with Gasteiger partial charge in [-0.2, -0.15) is 5.26 Å². The van der Waals surface area contributed by atoms with E-state index in [1.54, 1.807) is 24.3 Å². The van der Waals surface area contributed by atoms with E-state index in [-0.39, 0.29) is 0 Å². The van der Waals surface area contributed by atoms with Crippen molar-refractivity contribution >= 4 is 5.82 Å². The topological polar surface area (TPSA) is 96.8 Å². The molecular formula is C14H15N5O. The first-order valence-corrected chi connectivity index (χ1v) is 6.27. The van der Waals surface area contributed by atoms with Gasteiger partial charge < -0.3 is 10.2 Å². The monoisotopic (exact) mass is 269 g/mol. The van der Waals surface area contributed by atoms with Gasteiger partial charge in [-0.1, -0.05) is 13.3 Å². The molecule has 0 fully saturated rings. The molecule has 1 aromatic heterocycles. The van der Waals surface area contributed by atoms with Gasteiger partial charge in [0.1, 0.15) is 17.9 Å².